The number of carbonyl (C=O) groups is 1. The van der Waals surface area contributed by atoms with E-state index in [4.69, 9.17) is 4.42 Å². The third-order valence-corrected chi connectivity index (χ3v) is 4.72. The molecular weight excluding hydrogens is 344 g/mol. The van der Waals surface area contributed by atoms with E-state index in [0.29, 0.717) is 31.0 Å². The molecule has 2 aromatic heterocycles. The molecule has 8 nitrogen and oxygen atoms in total. The van der Waals surface area contributed by atoms with Gasteiger partial charge in [-0.25, -0.2) is 9.67 Å². The van der Waals surface area contributed by atoms with Crippen molar-refractivity contribution in [2.24, 2.45) is 5.92 Å². The molecule has 0 unspecified atom stereocenters. The first-order valence-corrected chi connectivity index (χ1v) is 9.20. The van der Waals surface area contributed by atoms with Gasteiger partial charge in [0.2, 0.25) is 0 Å². The minimum atomic E-state index is -0.00403. The van der Waals surface area contributed by atoms with Crippen LogP contribution in [0, 0.1) is 5.92 Å². The van der Waals surface area contributed by atoms with Gasteiger partial charge in [-0.3, -0.25) is 4.79 Å². The van der Waals surface area contributed by atoms with Crippen LogP contribution in [0.5, 0.6) is 0 Å². The summed E-state index contributed by atoms with van der Waals surface area (Å²) in [5.74, 6) is 2.32. The molecule has 1 aliphatic heterocycles. The number of nitrogens with zero attached hydrogens (tertiary/aromatic N) is 6. The molecule has 0 N–H and O–H groups in total. The van der Waals surface area contributed by atoms with Crippen molar-refractivity contribution in [3.05, 3.63) is 53.5 Å². The zero-order valence-corrected chi connectivity index (χ0v) is 15.5. The Labute approximate surface area is 157 Å². The molecule has 0 saturated carbocycles. The molecule has 0 spiro atoms. The Kier molecular flexibility index (Phi) is 4.70. The fourth-order valence-electron chi connectivity index (χ4n) is 3.16. The Morgan fingerprint density at radius 3 is 2.78 bits per heavy atom. The number of fused-ring (bicyclic) bond motifs is 1. The summed E-state index contributed by atoms with van der Waals surface area (Å²) in [5.41, 5.74) is 2.33. The van der Waals surface area contributed by atoms with E-state index in [2.05, 4.69) is 34.4 Å². The number of carbonyl (C=O) groups excluding carboxylic acids is 1. The first kappa shape index (κ1) is 17.4. The van der Waals surface area contributed by atoms with E-state index in [1.807, 2.05) is 17.0 Å². The molecule has 8 heteroatoms. The van der Waals surface area contributed by atoms with Gasteiger partial charge in [0.25, 0.3) is 5.91 Å². The molecule has 140 valence electrons. The maximum Gasteiger partial charge on any atom is 0.254 e. The smallest absolute Gasteiger partial charge is 0.254 e. The fraction of sp³-hybridized carbons (Fsp3) is 0.421. The minimum absolute atomic E-state index is 0.00403. The van der Waals surface area contributed by atoms with Gasteiger partial charge < -0.3 is 9.32 Å². The van der Waals surface area contributed by atoms with Gasteiger partial charge in [-0.05, 0) is 47.0 Å². The lowest BCUT2D eigenvalue weighted by Crippen LogP contribution is -2.35. The van der Waals surface area contributed by atoms with Crippen molar-refractivity contribution in [1.29, 1.82) is 0 Å². The standard InChI is InChI=1S/C19H22N6O2/c1-13(2)3-8-18-21-16-11-24(10-9-17(16)27-18)19(26)14-4-6-15(7-5-14)25-12-20-22-23-25/h4-7,12-13H,3,8-11H2,1-2H3. The molecule has 1 amide bonds. The Balaban J connectivity index is 1.44. The summed E-state index contributed by atoms with van der Waals surface area (Å²) in [6.45, 7) is 5.51. The number of oxazole rings is 1. The van der Waals surface area contributed by atoms with E-state index < -0.39 is 0 Å². The number of hydrogen-bond acceptors (Lipinski definition) is 6. The number of benzene rings is 1. The van der Waals surface area contributed by atoms with Crippen LogP contribution >= 0.6 is 0 Å². The lowest BCUT2D eigenvalue weighted by molar-refractivity contribution is 0.0728. The number of aryl methyl sites for hydroxylation is 1. The van der Waals surface area contributed by atoms with Gasteiger partial charge >= 0.3 is 0 Å². The fourth-order valence-corrected chi connectivity index (χ4v) is 3.16. The highest BCUT2D eigenvalue weighted by Gasteiger charge is 2.26. The highest BCUT2D eigenvalue weighted by atomic mass is 16.4. The Bertz CT molecular complexity index is 914. The lowest BCUT2D eigenvalue weighted by Gasteiger charge is -2.25. The average Bonchev–Trinajstić information content (AvgIpc) is 3.35. The van der Waals surface area contributed by atoms with Crippen molar-refractivity contribution >= 4 is 5.91 Å². The van der Waals surface area contributed by atoms with Crippen molar-refractivity contribution in [1.82, 2.24) is 30.1 Å². The van der Waals surface area contributed by atoms with Gasteiger partial charge in [0.15, 0.2) is 5.89 Å². The molecule has 1 aliphatic rings. The van der Waals surface area contributed by atoms with Crippen molar-refractivity contribution in [3.63, 3.8) is 0 Å². The highest BCUT2D eigenvalue weighted by Crippen LogP contribution is 2.23. The summed E-state index contributed by atoms with van der Waals surface area (Å²) in [4.78, 5) is 19.3. The predicted octanol–water partition coefficient (Wildman–Crippen LogP) is 2.44. The summed E-state index contributed by atoms with van der Waals surface area (Å²) in [6.07, 6.45) is 4.12. The molecule has 0 bridgehead atoms. The SMILES string of the molecule is CC(C)CCc1nc2c(o1)CCN(C(=O)c1ccc(-n3cnnn3)cc1)C2. The first-order chi connectivity index (χ1) is 13.1. The van der Waals surface area contributed by atoms with Crippen LogP contribution in [0.2, 0.25) is 0 Å². The molecule has 0 fully saturated rings. The van der Waals surface area contributed by atoms with E-state index in [0.717, 1.165) is 35.9 Å². The second-order valence-electron chi connectivity index (χ2n) is 7.19. The summed E-state index contributed by atoms with van der Waals surface area (Å²) in [7, 11) is 0. The topological polar surface area (TPSA) is 89.9 Å². The number of aromatic nitrogens is 5. The van der Waals surface area contributed by atoms with Gasteiger partial charge in [0, 0.05) is 24.9 Å². The quantitative estimate of drug-likeness (QED) is 0.689. The van der Waals surface area contributed by atoms with Gasteiger partial charge in [0.1, 0.15) is 17.8 Å². The van der Waals surface area contributed by atoms with Crippen LogP contribution < -0.4 is 0 Å². The Hall–Kier alpha value is -3.03. The summed E-state index contributed by atoms with van der Waals surface area (Å²) >= 11 is 0. The lowest BCUT2D eigenvalue weighted by atomic mass is 10.1. The maximum absolute atomic E-state index is 12.8. The van der Waals surface area contributed by atoms with Gasteiger partial charge in [-0.2, -0.15) is 0 Å². The van der Waals surface area contributed by atoms with E-state index in [1.165, 1.54) is 6.33 Å². The average molecular weight is 366 g/mol. The molecule has 0 radical (unpaired) electrons. The Morgan fingerprint density at radius 1 is 1.26 bits per heavy atom. The second-order valence-corrected chi connectivity index (χ2v) is 7.19. The minimum Gasteiger partial charge on any atom is -0.445 e. The summed E-state index contributed by atoms with van der Waals surface area (Å²) in [5, 5.41) is 11.1. The van der Waals surface area contributed by atoms with E-state index in [9.17, 15) is 4.79 Å². The van der Waals surface area contributed by atoms with Crippen molar-refractivity contribution in [2.45, 2.75) is 39.7 Å². The van der Waals surface area contributed by atoms with Gasteiger partial charge in [0.05, 0.1) is 12.2 Å². The third-order valence-electron chi connectivity index (χ3n) is 4.72. The van der Waals surface area contributed by atoms with Crippen LogP contribution in [0.4, 0.5) is 0 Å². The van der Waals surface area contributed by atoms with Crippen molar-refractivity contribution < 1.29 is 9.21 Å². The normalized spacial score (nSPS) is 13.8. The molecule has 0 atom stereocenters. The van der Waals surface area contributed by atoms with Crippen molar-refractivity contribution in [2.75, 3.05) is 6.54 Å². The van der Waals surface area contributed by atoms with E-state index >= 15 is 0 Å². The molecule has 27 heavy (non-hydrogen) atoms. The summed E-state index contributed by atoms with van der Waals surface area (Å²) < 4.78 is 7.43. The van der Waals surface area contributed by atoms with Crippen LogP contribution in [-0.4, -0.2) is 42.5 Å². The van der Waals surface area contributed by atoms with Gasteiger partial charge in [-0.1, -0.05) is 13.8 Å². The second kappa shape index (κ2) is 7.30. The number of rotatable bonds is 5. The van der Waals surface area contributed by atoms with Crippen LogP contribution in [0.1, 0.15) is 48.0 Å². The Morgan fingerprint density at radius 2 is 2.07 bits per heavy atom. The van der Waals surface area contributed by atoms with Crippen LogP contribution in [0.15, 0.2) is 35.0 Å². The molecule has 1 aromatic carbocycles. The predicted molar refractivity (Wildman–Crippen MR) is 97.3 cm³/mol. The highest BCUT2D eigenvalue weighted by molar-refractivity contribution is 5.94. The largest absolute Gasteiger partial charge is 0.445 e. The zero-order chi connectivity index (χ0) is 18.8. The number of hydrogen-bond donors (Lipinski definition) is 0. The van der Waals surface area contributed by atoms with Crippen molar-refractivity contribution in [3.8, 4) is 5.69 Å². The zero-order valence-electron chi connectivity index (χ0n) is 15.5. The number of amides is 1. The third kappa shape index (κ3) is 3.74. The monoisotopic (exact) mass is 366 g/mol. The molecular formula is C19H22N6O2. The first-order valence-electron chi connectivity index (χ1n) is 9.20. The molecule has 3 aromatic rings. The van der Waals surface area contributed by atoms with Crippen LogP contribution in [0.25, 0.3) is 5.69 Å². The molecule has 0 aliphatic carbocycles. The van der Waals surface area contributed by atoms with Crippen LogP contribution in [-0.2, 0) is 19.4 Å². The van der Waals surface area contributed by atoms with Gasteiger partial charge in [-0.15, -0.1) is 5.10 Å². The molecule has 0 saturated heterocycles. The summed E-state index contributed by atoms with van der Waals surface area (Å²) in [6, 6.07) is 7.26. The number of tetrazole rings is 1. The van der Waals surface area contributed by atoms with Crippen LogP contribution in [0.3, 0.4) is 0 Å². The van der Waals surface area contributed by atoms with E-state index in [-0.39, 0.29) is 5.91 Å². The molecule has 3 heterocycles. The van der Waals surface area contributed by atoms with E-state index in [1.54, 1.807) is 16.8 Å². The maximum atomic E-state index is 12.8. The molecule has 4 rings (SSSR count).